The van der Waals surface area contributed by atoms with E-state index in [1.807, 2.05) is 66.7 Å². The molecule has 0 heterocycles. The SMILES string of the molecule is CC(C)(C)c1ccc(OCC(=O)NNC(=O)Cc2cccc3ccccc23)cc1. The molecule has 0 saturated carbocycles. The summed E-state index contributed by atoms with van der Waals surface area (Å²) in [4.78, 5) is 24.2. The molecule has 0 atom stereocenters. The predicted octanol–water partition coefficient (Wildman–Crippen LogP) is 3.91. The molecular formula is C24H26N2O3. The molecule has 0 saturated heterocycles. The van der Waals surface area contributed by atoms with E-state index >= 15 is 0 Å². The van der Waals surface area contributed by atoms with Crippen LogP contribution in [0.3, 0.4) is 0 Å². The third-order valence-corrected chi connectivity index (χ3v) is 4.66. The molecule has 0 aliphatic heterocycles. The highest BCUT2D eigenvalue weighted by molar-refractivity contribution is 5.91. The van der Waals surface area contributed by atoms with Crippen molar-refractivity contribution >= 4 is 22.6 Å². The van der Waals surface area contributed by atoms with Crippen LogP contribution in [0.25, 0.3) is 10.8 Å². The summed E-state index contributed by atoms with van der Waals surface area (Å²) in [6, 6.07) is 21.4. The molecule has 0 aromatic heterocycles. The van der Waals surface area contributed by atoms with Crippen LogP contribution in [0, 0.1) is 0 Å². The Kier molecular flexibility index (Phi) is 6.17. The van der Waals surface area contributed by atoms with Gasteiger partial charge in [0.1, 0.15) is 5.75 Å². The van der Waals surface area contributed by atoms with Crippen molar-refractivity contribution in [2.45, 2.75) is 32.6 Å². The maximum absolute atomic E-state index is 12.2. The lowest BCUT2D eigenvalue weighted by Gasteiger charge is -2.19. The second kappa shape index (κ2) is 8.78. The minimum Gasteiger partial charge on any atom is -0.484 e. The number of ether oxygens (including phenoxy) is 1. The standard InChI is InChI=1S/C24H26N2O3/c1-24(2,3)19-11-13-20(14-12-19)29-16-23(28)26-25-22(27)15-18-9-6-8-17-7-4-5-10-21(17)18/h4-14H,15-16H2,1-3H3,(H,25,27)(H,26,28). The van der Waals surface area contributed by atoms with Crippen molar-refractivity contribution in [1.29, 1.82) is 0 Å². The summed E-state index contributed by atoms with van der Waals surface area (Å²) in [5.41, 5.74) is 6.99. The quantitative estimate of drug-likeness (QED) is 0.649. The molecule has 3 aromatic rings. The number of nitrogens with one attached hydrogen (secondary N) is 2. The maximum atomic E-state index is 12.2. The first-order valence-electron chi connectivity index (χ1n) is 9.60. The minimum atomic E-state index is -0.420. The first-order chi connectivity index (χ1) is 13.8. The van der Waals surface area contributed by atoms with E-state index < -0.39 is 5.91 Å². The van der Waals surface area contributed by atoms with Crippen molar-refractivity contribution in [2.75, 3.05) is 6.61 Å². The lowest BCUT2D eigenvalue weighted by Crippen LogP contribution is -2.44. The van der Waals surface area contributed by atoms with E-state index in [2.05, 4.69) is 31.6 Å². The average Bonchev–Trinajstić information content (AvgIpc) is 2.71. The molecule has 3 rings (SSSR count). The maximum Gasteiger partial charge on any atom is 0.276 e. The lowest BCUT2D eigenvalue weighted by atomic mass is 9.87. The van der Waals surface area contributed by atoms with Gasteiger partial charge in [-0.3, -0.25) is 20.4 Å². The van der Waals surface area contributed by atoms with E-state index in [1.165, 1.54) is 5.56 Å². The molecule has 0 bridgehead atoms. The third kappa shape index (κ3) is 5.57. The Morgan fingerprint density at radius 1 is 0.828 bits per heavy atom. The van der Waals surface area contributed by atoms with Gasteiger partial charge in [0.2, 0.25) is 5.91 Å². The number of hydrazine groups is 1. The molecule has 5 nitrogen and oxygen atoms in total. The zero-order valence-corrected chi connectivity index (χ0v) is 17.0. The Labute approximate surface area is 171 Å². The van der Waals surface area contributed by atoms with E-state index in [0.29, 0.717) is 5.75 Å². The van der Waals surface area contributed by atoms with Crippen molar-refractivity contribution in [1.82, 2.24) is 10.9 Å². The number of benzene rings is 3. The fourth-order valence-electron chi connectivity index (χ4n) is 3.04. The van der Waals surface area contributed by atoms with Crippen LogP contribution < -0.4 is 15.6 Å². The van der Waals surface area contributed by atoms with Crippen LogP contribution in [0.5, 0.6) is 5.75 Å². The van der Waals surface area contributed by atoms with Gasteiger partial charge < -0.3 is 4.74 Å². The van der Waals surface area contributed by atoms with Crippen LogP contribution in [0.1, 0.15) is 31.9 Å². The number of fused-ring (bicyclic) bond motifs is 1. The average molecular weight is 390 g/mol. The molecule has 0 spiro atoms. The molecule has 0 aliphatic rings. The van der Waals surface area contributed by atoms with E-state index in [0.717, 1.165) is 16.3 Å². The summed E-state index contributed by atoms with van der Waals surface area (Å²) in [7, 11) is 0. The van der Waals surface area contributed by atoms with Crippen LogP contribution in [-0.4, -0.2) is 18.4 Å². The molecule has 2 amide bonds. The molecular weight excluding hydrogens is 364 g/mol. The summed E-state index contributed by atoms with van der Waals surface area (Å²) in [6.45, 7) is 6.23. The van der Waals surface area contributed by atoms with Gasteiger partial charge in [-0.05, 0) is 39.4 Å². The second-order valence-electron chi connectivity index (χ2n) is 7.97. The van der Waals surface area contributed by atoms with Crippen molar-refractivity contribution in [3.05, 3.63) is 77.9 Å². The van der Waals surface area contributed by atoms with Gasteiger partial charge in [-0.15, -0.1) is 0 Å². The molecule has 2 N–H and O–H groups in total. The Hall–Kier alpha value is -3.34. The highest BCUT2D eigenvalue weighted by Gasteiger charge is 2.13. The van der Waals surface area contributed by atoms with Gasteiger partial charge in [-0.1, -0.05) is 75.4 Å². The van der Waals surface area contributed by atoms with Crippen molar-refractivity contribution in [3.63, 3.8) is 0 Å². The first kappa shape index (κ1) is 20.4. The largest absolute Gasteiger partial charge is 0.484 e. The highest BCUT2D eigenvalue weighted by Crippen LogP contribution is 2.24. The van der Waals surface area contributed by atoms with E-state index in [4.69, 9.17) is 4.74 Å². The monoisotopic (exact) mass is 390 g/mol. The van der Waals surface area contributed by atoms with Gasteiger partial charge in [0.05, 0.1) is 6.42 Å². The lowest BCUT2D eigenvalue weighted by molar-refractivity contribution is -0.129. The number of hydrogen-bond donors (Lipinski definition) is 2. The molecule has 5 heteroatoms. The van der Waals surface area contributed by atoms with Crippen LogP contribution in [0.15, 0.2) is 66.7 Å². The fourth-order valence-corrected chi connectivity index (χ4v) is 3.04. The van der Waals surface area contributed by atoms with Crippen LogP contribution in [0.2, 0.25) is 0 Å². The number of carbonyl (C=O) groups excluding carboxylic acids is 2. The van der Waals surface area contributed by atoms with E-state index in [-0.39, 0.29) is 24.3 Å². The summed E-state index contributed by atoms with van der Waals surface area (Å²) >= 11 is 0. The Balaban J connectivity index is 1.47. The minimum absolute atomic E-state index is 0.0598. The molecule has 0 aliphatic carbocycles. The zero-order chi connectivity index (χ0) is 20.9. The topological polar surface area (TPSA) is 67.4 Å². The van der Waals surface area contributed by atoms with Crippen molar-refractivity contribution in [3.8, 4) is 5.75 Å². The van der Waals surface area contributed by atoms with E-state index in [9.17, 15) is 9.59 Å². The van der Waals surface area contributed by atoms with Crippen molar-refractivity contribution < 1.29 is 14.3 Å². The van der Waals surface area contributed by atoms with Gasteiger partial charge >= 0.3 is 0 Å². The normalized spacial score (nSPS) is 11.1. The van der Waals surface area contributed by atoms with Gasteiger partial charge in [-0.2, -0.15) is 0 Å². The van der Waals surface area contributed by atoms with Crippen LogP contribution in [-0.2, 0) is 21.4 Å². The Morgan fingerprint density at radius 3 is 2.21 bits per heavy atom. The molecule has 0 unspecified atom stereocenters. The van der Waals surface area contributed by atoms with Gasteiger partial charge in [0, 0.05) is 0 Å². The molecule has 29 heavy (non-hydrogen) atoms. The molecule has 0 fully saturated rings. The Bertz CT molecular complexity index is 999. The van der Waals surface area contributed by atoms with Gasteiger partial charge in [-0.25, -0.2) is 0 Å². The fraction of sp³-hybridized carbons (Fsp3) is 0.250. The molecule has 3 aromatic carbocycles. The molecule has 0 radical (unpaired) electrons. The summed E-state index contributed by atoms with van der Waals surface area (Å²) in [5, 5.41) is 2.10. The van der Waals surface area contributed by atoms with Crippen molar-refractivity contribution in [2.24, 2.45) is 0 Å². The predicted molar refractivity (Wildman–Crippen MR) is 115 cm³/mol. The summed E-state index contributed by atoms with van der Waals surface area (Å²) in [6.07, 6.45) is 0.177. The summed E-state index contributed by atoms with van der Waals surface area (Å²) < 4.78 is 5.48. The summed E-state index contributed by atoms with van der Waals surface area (Å²) in [5.74, 6) is -0.101. The van der Waals surface area contributed by atoms with Gasteiger partial charge in [0.15, 0.2) is 6.61 Å². The molecule has 150 valence electrons. The number of hydrogen-bond acceptors (Lipinski definition) is 3. The van der Waals surface area contributed by atoms with Crippen LogP contribution >= 0.6 is 0 Å². The van der Waals surface area contributed by atoms with E-state index in [1.54, 1.807) is 0 Å². The van der Waals surface area contributed by atoms with Crippen LogP contribution in [0.4, 0.5) is 0 Å². The Morgan fingerprint density at radius 2 is 1.48 bits per heavy atom. The zero-order valence-electron chi connectivity index (χ0n) is 17.0. The smallest absolute Gasteiger partial charge is 0.276 e. The highest BCUT2D eigenvalue weighted by atomic mass is 16.5. The number of rotatable bonds is 5. The number of carbonyl (C=O) groups is 2. The second-order valence-corrected chi connectivity index (χ2v) is 7.97. The third-order valence-electron chi connectivity index (χ3n) is 4.66. The number of amides is 2. The first-order valence-corrected chi connectivity index (χ1v) is 9.60. The van der Waals surface area contributed by atoms with Gasteiger partial charge in [0.25, 0.3) is 5.91 Å².